The van der Waals surface area contributed by atoms with Gasteiger partial charge < -0.3 is 10.2 Å². The second-order valence-electron chi connectivity index (χ2n) is 6.73. The topological polar surface area (TPSA) is 15.3 Å². The number of hydrogen-bond acceptors (Lipinski definition) is 2. The fraction of sp³-hybridized carbons (Fsp3) is 0.667. The molecule has 21 heavy (non-hydrogen) atoms. The molecule has 1 aliphatic rings. The average molecular weight is 309 g/mol. The summed E-state index contributed by atoms with van der Waals surface area (Å²) in [5.74, 6) is 1.52. The summed E-state index contributed by atoms with van der Waals surface area (Å²) in [7, 11) is 0. The lowest BCUT2D eigenvalue weighted by Gasteiger charge is -2.37. The molecule has 1 aromatic rings. The number of rotatable bonds is 5. The minimum atomic E-state index is 0.311. The predicted octanol–water partition coefficient (Wildman–Crippen LogP) is 4.88. The summed E-state index contributed by atoms with van der Waals surface area (Å²) in [5.41, 5.74) is 2.47. The number of benzene rings is 1. The Labute approximate surface area is 134 Å². The Hall–Kier alpha value is -0.730. The first-order valence-corrected chi connectivity index (χ1v) is 8.66. The van der Waals surface area contributed by atoms with Crippen molar-refractivity contribution in [2.24, 2.45) is 11.8 Å². The Bertz CT molecular complexity index is 451. The van der Waals surface area contributed by atoms with Gasteiger partial charge in [0.2, 0.25) is 0 Å². The van der Waals surface area contributed by atoms with Gasteiger partial charge in [-0.05, 0) is 55.8 Å². The Balaban J connectivity index is 2.11. The SMILES string of the molecule is CCCNC(C)c1ccc(N2CC(C)CC(C)C2)cc1Cl. The van der Waals surface area contributed by atoms with Crippen LogP contribution in [0.25, 0.3) is 0 Å². The van der Waals surface area contributed by atoms with Gasteiger partial charge in [-0.25, -0.2) is 0 Å². The van der Waals surface area contributed by atoms with Crippen LogP contribution in [0.4, 0.5) is 5.69 Å². The quantitative estimate of drug-likeness (QED) is 0.833. The predicted molar refractivity (Wildman–Crippen MR) is 93.3 cm³/mol. The molecule has 0 saturated carbocycles. The van der Waals surface area contributed by atoms with Crippen LogP contribution >= 0.6 is 11.6 Å². The molecule has 1 saturated heterocycles. The van der Waals surface area contributed by atoms with Crippen LogP contribution in [0.15, 0.2) is 18.2 Å². The summed E-state index contributed by atoms with van der Waals surface area (Å²) >= 11 is 6.53. The second kappa shape index (κ2) is 7.51. The molecule has 1 N–H and O–H groups in total. The molecule has 1 aromatic carbocycles. The normalized spacial score (nSPS) is 24.1. The third-order valence-corrected chi connectivity index (χ3v) is 4.71. The zero-order chi connectivity index (χ0) is 15.4. The molecule has 0 spiro atoms. The molecular weight excluding hydrogens is 280 g/mol. The fourth-order valence-electron chi connectivity index (χ4n) is 3.41. The van der Waals surface area contributed by atoms with Gasteiger partial charge in [-0.3, -0.25) is 0 Å². The molecule has 0 bridgehead atoms. The molecule has 3 heteroatoms. The number of piperidine rings is 1. The fourth-order valence-corrected chi connectivity index (χ4v) is 3.75. The molecule has 3 unspecified atom stereocenters. The van der Waals surface area contributed by atoms with Gasteiger partial charge in [-0.2, -0.15) is 0 Å². The van der Waals surface area contributed by atoms with Crippen LogP contribution in [-0.2, 0) is 0 Å². The first-order valence-electron chi connectivity index (χ1n) is 8.29. The summed E-state index contributed by atoms with van der Waals surface area (Å²) < 4.78 is 0. The summed E-state index contributed by atoms with van der Waals surface area (Å²) in [6.45, 7) is 12.4. The minimum Gasteiger partial charge on any atom is -0.371 e. The van der Waals surface area contributed by atoms with Crippen molar-refractivity contribution in [3.8, 4) is 0 Å². The van der Waals surface area contributed by atoms with Crippen molar-refractivity contribution in [3.05, 3.63) is 28.8 Å². The molecule has 1 fully saturated rings. The highest BCUT2D eigenvalue weighted by Crippen LogP contribution is 2.31. The maximum absolute atomic E-state index is 6.53. The lowest BCUT2D eigenvalue weighted by Crippen LogP contribution is -2.38. The maximum Gasteiger partial charge on any atom is 0.0474 e. The zero-order valence-corrected chi connectivity index (χ0v) is 14.6. The van der Waals surface area contributed by atoms with Crippen molar-refractivity contribution in [1.29, 1.82) is 0 Å². The Morgan fingerprint density at radius 1 is 1.29 bits per heavy atom. The molecule has 1 heterocycles. The lowest BCUT2D eigenvalue weighted by molar-refractivity contribution is 0.357. The van der Waals surface area contributed by atoms with E-state index in [1.807, 2.05) is 0 Å². The maximum atomic E-state index is 6.53. The van der Waals surface area contributed by atoms with Crippen molar-refractivity contribution >= 4 is 17.3 Å². The first-order chi connectivity index (χ1) is 10.0. The van der Waals surface area contributed by atoms with E-state index in [1.165, 1.54) is 17.7 Å². The standard InChI is InChI=1S/C18H29ClN2/c1-5-8-20-15(4)17-7-6-16(10-18(17)19)21-11-13(2)9-14(3)12-21/h6-7,10,13-15,20H,5,8-9,11-12H2,1-4H3. The molecule has 0 amide bonds. The molecule has 1 aliphatic heterocycles. The smallest absolute Gasteiger partial charge is 0.0474 e. The van der Waals surface area contributed by atoms with Crippen molar-refractivity contribution in [2.45, 2.75) is 46.6 Å². The van der Waals surface area contributed by atoms with Crippen LogP contribution in [0.1, 0.15) is 52.1 Å². The summed E-state index contributed by atoms with van der Waals surface area (Å²) in [5, 5.41) is 4.39. The van der Waals surface area contributed by atoms with E-state index in [9.17, 15) is 0 Å². The zero-order valence-electron chi connectivity index (χ0n) is 13.8. The highest BCUT2D eigenvalue weighted by molar-refractivity contribution is 6.31. The third kappa shape index (κ3) is 4.37. The summed E-state index contributed by atoms with van der Waals surface area (Å²) in [6.07, 6.45) is 2.48. The molecule has 2 nitrogen and oxygen atoms in total. The number of hydrogen-bond donors (Lipinski definition) is 1. The Kier molecular flexibility index (Phi) is 5.95. The van der Waals surface area contributed by atoms with E-state index in [0.29, 0.717) is 6.04 Å². The van der Waals surface area contributed by atoms with Crippen LogP contribution in [0.5, 0.6) is 0 Å². The number of nitrogens with zero attached hydrogens (tertiary/aromatic N) is 1. The van der Waals surface area contributed by atoms with E-state index in [1.54, 1.807) is 0 Å². The van der Waals surface area contributed by atoms with E-state index in [0.717, 1.165) is 42.9 Å². The first kappa shape index (κ1) is 16.6. The molecular formula is C18H29ClN2. The summed E-state index contributed by atoms with van der Waals surface area (Å²) in [6, 6.07) is 6.88. The Morgan fingerprint density at radius 3 is 2.52 bits per heavy atom. The van der Waals surface area contributed by atoms with Crippen LogP contribution in [-0.4, -0.2) is 19.6 Å². The van der Waals surface area contributed by atoms with Gasteiger partial charge in [-0.1, -0.05) is 38.4 Å². The van der Waals surface area contributed by atoms with Gasteiger partial charge in [0.25, 0.3) is 0 Å². The lowest BCUT2D eigenvalue weighted by atomic mass is 9.91. The largest absolute Gasteiger partial charge is 0.371 e. The minimum absolute atomic E-state index is 0.311. The number of anilines is 1. The van der Waals surface area contributed by atoms with Gasteiger partial charge >= 0.3 is 0 Å². The van der Waals surface area contributed by atoms with Gasteiger partial charge in [-0.15, -0.1) is 0 Å². The molecule has 2 rings (SSSR count). The van der Waals surface area contributed by atoms with Crippen LogP contribution in [0, 0.1) is 11.8 Å². The van der Waals surface area contributed by atoms with Gasteiger partial charge in [0, 0.05) is 29.8 Å². The van der Waals surface area contributed by atoms with E-state index >= 15 is 0 Å². The van der Waals surface area contributed by atoms with Crippen LogP contribution < -0.4 is 10.2 Å². The molecule has 118 valence electrons. The third-order valence-electron chi connectivity index (χ3n) is 4.39. The van der Waals surface area contributed by atoms with Crippen molar-refractivity contribution in [1.82, 2.24) is 5.32 Å². The Morgan fingerprint density at radius 2 is 1.95 bits per heavy atom. The highest BCUT2D eigenvalue weighted by Gasteiger charge is 2.22. The molecule has 0 aromatic heterocycles. The van der Waals surface area contributed by atoms with Crippen molar-refractivity contribution in [3.63, 3.8) is 0 Å². The monoisotopic (exact) mass is 308 g/mol. The van der Waals surface area contributed by atoms with Gasteiger partial charge in [0.1, 0.15) is 0 Å². The van der Waals surface area contributed by atoms with Crippen molar-refractivity contribution in [2.75, 3.05) is 24.5 Å². The molecule has 0 aliphatic carbocycles. The van der Waals surface area contributed by atoms with Crippen LogP contribution in [0.2, 0.25) is 5.02 Å². The average Bonchev–Trinajstić information content (AvgIpc) is 2.43. The number of nitrogens with one attached hydrogen (secondary N) is 1. The van der Waals surface area contributed by atoms with E-state index in [2.05, 4.69) is 56.1 Å². The van der Waals surface area contributed by atoms with Gasteiger partial charge in [0.05, 0.1) is 0 Å². The summed E-state index contributed by atoms with van der Waals surface area (Å²) in [4.78, 5) is 2.48. The second-order valence-corrected chi connectivity index (χ2v) is 7.14. The van der Waals surface area contributed by atoms with Crippen LogP contribution in [0.3, 0.4) is 0 Å². The van der Waals surface area contributed by atoms with E-state index < -0.39 is 0 Å². The highest BCUT2D eigenvalue weighted by atomic mass is 35.5. The van der Waals surface area contributed by atoms with Gasteiger partial charge in [0.15, 0.2) is 0 Å². The van der Waals surface area contributed by atoms with E-state index in [-0.39, 0.29) is 0 Å². The molecule has 3 atom stereocenters. The van der Waals surface area contributed by atoms with Crippen molar-refractivity contribution < 1.29 is 0 Å². The van der Waals surface area contributed by atoms with E-state index in [4.69, 9.17) is 11.6 Å². The molecule has 0 radical (unpaired) electrons. The number of halogens is 1.